The number of hydrogen-bond acceptors (Lipinski definition) is 5. The predicted molar refractivity (Wildman–Crippen MR) is 142 cm³/mol. The fraction of sp³-hybridized carbons (Fsp3) is 0.107. The Morgan fingerprint density at radius 3 is 2.03 bits per heavy atom. The third-order valence-corrected chi connectivity index (χ3v) is 6.78. The summed E-state index contributed by atoms with van der Waals surface area (Å²) in [4.78, 5) is 0. The fourth-order valence-corrected chi connectivity index (χ4v) is 4.27. The van der Waals surface area contributed by atoms with Crippen molar-refractivity contribution in [2.75, 3.05) is 14.2 Å². The molecule has 0 spiro atoms. The molecule has 0 aliphatic rings. The van der Waals surface area contributed by atoms with Crippen LogP contribution in [0.5, 0.6) is 11.5 Å². The lowest BCUT2D eigenvalue weighted by molar-refractivity contribution is -0.485. The third kappa shape index (κ3) is 5.93. The summed E-state index contributed by atoms with van der Waals surface area (Å²) in [7, 11) is -2.74. The topological polar surface area (TPSA) is 79.8 Å². The largest absolute Gasteiger partial charge is 0.741 e. The summed E-state index contributed by atoms with van der Waals surface area (Å²) in [6.45, 7) is 0. The lowest BCUT2D eigenvalue weighted by Crippen LogP contribution is -2.28. The van der Waals surface area contributed by atoms with Crippen molar-refractivity contribution in [3.05, 3.63) is 96.0 Å². The van der Waals surface area contributed by atoms with Crippen molar-refractivity contribution in [3.63, 3.8) is 0 Å². The van der Waals surface area contributed by atoms with Gasteiger partial charge in [0.15, 0.2) is 10.1 Å². The number of alkyl halides is 3. The van der Waals surface area contributed by atoms with Gasteiger partial charge in [-0.1, -0.05) is 29.8 Å². The van der Waals surface area contributed by atoms with Crippen LogP contribution in [-0.4, -0.2) is 32.7 Å². The van der Waals surface area contributed by atoms with E-state index in [2.05, 4.69) is 65.1 Å². The minimum atomic E-state index is -6.09. The summed E-state index contributed by atoms with van der Waals surface area (Å²) < 4.78 is 72.0. The number of ether oxygens (including phenoxy) is 2. The van der Waals surface area contributed by atoms with Gasteiger partial charge in [-0.05, 0) is 60.0 Å². The van der Waals surface area contributed by atoms with E-state index in [1.807, 2.05) is 30.3 Å². The molecule has 2 heterocycles. The molecule has 6 nitrogen and oxygen atoms in total. The molecule has 11 heteroatoms. The van der Waals surface area contributed by atoms with E-state index in [4.69, 9.17) is 34.0 Å². The lowest BCUT2D eigenvalue weighted by atomic mass is 10.0. The van der Waals surface area contributed by atoms with Gasteiger partial charge in [-0.3, -0.25) is 0 Å². The molecule has 0 fully saturated rings. The Morgan fingerprint density at radius 1 is 0.795 bits per heavy atom. The predicted octanol–water partition coefficient (Wildman–Crippen LogP) is 6.63. The van der Waals surface area contributed by atoms with Gasteiger partial charge in [0, 0.05) is 23.8 Å². The number of hydrogen-bond donors (Lipinski definition) is 0. The average molecular weight is 576 g/mol. The molecule has 5 aromatic rings. The van der Waals surface area contributed by atoms with Gasteiger partial charge in [0.05, 0.1) is 30.2 Å². The SMILES string of the molecule is COc1ccc(-c2cccc3c4ccccc4cc(-c4cc(OC)ccc4Cl)[n+]23)cc1.O=S(=O)([O-])C(F)(F)F. The van der Waals surface area contributed by atoms with E-state index < -0.39 is 15.6 Å². The molecule has 202 valence electrons. The van der Waals surface area contributed by atoms with E-state index in [0.29, 0.717) is 5.02 Å². The number of benzene rings is 3. The first-order valence-electron chi connectivity index (χ1n) is 11.3. The first-order valence-corrected chi connectivity index (χ1v) is 13.1. The summed E-state index contributed by atoms with van der Waals surface area (Å²) in [5.41, 5.74) is -0.453. The highest BCUT2D eigenvalue weighted by molar-refractivity contribution is 7.86. The monoisotopic (exact) mass is 575 g/mol. The third-order valence-electron chi connectivity index (χ3n) is 5.88. The summed E-state index contributed by atoms with van der Waals surface area (Å²) in [6.07, 6.45) is 0. The molecule has 0 saturated carbocycles. The standard InChI is InChI=1S/C27H21ClNO2.CHF3O3S/c1-30-20-12-10-18(11-13-20)25-8-5-9-26-22-7-4-3-6-19(22)16-27(29(25)26)23-17-21(31-2)14-15-24(23)28;2-1(3,4)8(5,6)7/h3-17H,1-2H3;(H,5,6,7)/q+1;/p-1. The van der Waals surface area contributed by atoms with Crippen molar-refractivity contribution in [1.29, 1.82) is 0 Å². The van der Waals surface area contributed by atoms with Crippen molar-refractivity contribution in [3.8, 4) is 34.0 Å². The van der Waals surface area contributed by atoms with Gasteiger partial charge in [0.1, 0.15) is 11.5 Å². The molecule has 39 heavy (non-hydrogen) atoms. The highest BCUT2D eigenvalue weighted by Gasteiger charge is 2.37. The Kier molecular flexibility index (Phi) is 8.01. The summed E-state index contributed by atoms with van der Waals surface area (Å²) >= 11 is 6.69. The second kappa shape index (κ2) is 11.1. The van der Waals surface area contributed by atoms with Crippen LogP contribution < -0.4 is 13.9 Å². The van der Waals surface area contributed by atoms with Crippen LogP contribution in [0.1, 0.15) is 0 Å². The molecule has 0 unspecified atom stereocenters. The Morgan fingerprint density at radius 2 is 1.41 bits per heavy atom. The van der Waals surface area contributed by atoms with Crippen LogP contribution in [0.15, 0.2) is 91.0 Å². The van der Waals surface area contributed by atoms with Crippen molar-refractivity contribution in [2.45, 2.75) is 5.51 Å². The average Bonchev–Trinajstić information content (AvgIpc) is 2.92. The van der Waals surface area contributed by atoms with E-state index in [-0.39, 0.29) is 0 Å². The summed E-state index contributed by atoms with van der Waals surface area (Å²) in [6, 6.07) is 30.8. The van der Waals surface area contributed by atoms with Crippen molar-refractivity contribution < 1.29 is 40.0 Å². The highest BCUT2D eigenvalue weighted by Crippen LogP contribution is 2.34. The van der Waals surface area contributed by atoms with Crippen LogP contribution in [0.2, 0.25) is 5.02 Å². The molecule has 0 aliphatic heterocycles. The molecular weight excluding hydrogens is 555 g/mol. The quantitative estimate of drug-likeness (QED) is 0.104. The van der Waals surface area contributed by atoms with Crippen molar-refractivity contribution >= 4 is 38.0 Å². The number of pyridine rings is 2. The highest BCUT2D eigenvalue weighted by atomic mass is 35.5. The van der Waals surface area contributed by atoms with Crippen molar-refractivity contribution in [1.82, 2.24) is 0 Å². The maximum Gasteiger partial charge on any atom is 0.485 e. The van der Waals surface area contributed by atoms with E-state index in [1.165, 1.54) is 5.39 Å². The van der Waals surface area contributed by atoms with E-state index in [0.717, 1.165) is 44.9 Å². The van der Waals surface area contributed by atoms with E-state index >= 15 is 0 Å². The molecular formula is C28H21ClF3NO5S. The summed E-state index contributed by atoms with van der Waals surface area (Å²) in [5.74, 6) is 1.60. The van der Waals surface area contributed by atoms with Crippen LogP contribution in [-0.2, 0) is 10.1 Å². The van der Waals surface area contributed by atoms with Crippen LogP contribution in [0, 0.1) is 0 Å². The van der Waals surface area contributed by atoms with Gasteiger partial charge in [-0.25, -0.2) is 8.42 Å². The molecule has 0 atom stereocenters. The maximum absolute atomic E-state index is 10.7. The molecule has 0 amide bonds. The van der Waals surface area contributed by atoms with Gasteiger partial charge in [-0.2, -0.15) is 17.6 Å². The van der Waals surface area contributed by atoms with Gasteiger partial charge < -0.3 is 14.0 Å². The summed E-state index contributed by atoms with van der Waals surface area (Å²) in [5, 5.41) is 3.01. The number of halogens is 4. The van der Waals surface area contributed by atoms with Gasteiger partial charge in [-0.15, -0.1) is 0 Å². The maximum atomic E-state index is 10.7. The molecule has 2 aromatic heterocycles. The van der Waals surface area contributed by atoms with Gasteiger partial charge in [0.25, 0.3) is 0 Å². The number of methoxy groups -OCH3 is 2. The number of aromatic nitrogens is 1. The second-order valence-corrected chi connectivity index (χ2v) is 10.0. The Bertz CT molecular complexity index is 1760. The zero-order chi connectivity index (χ0) is 28.4. The molecule has 0 N–H and O–H groups in total. The number of fused-ring (bicyclic) bond motifs is 3. The zero-order valence-corrected chi connectivity index (χ0v) is 22.1. The molecule has 0 saturated heterocycles. The number of nitrogens with zero attached hydrogens (tertiary/aromatic N) is 1. The minimum Gasteiger partial charge on any atom is -0.741 e. The normalized spacial score (nSPS) is 11.7. The molecule has 5 rings (SSSR count). The van der Waals surface area contributed by atoms with Gasteiger partial charge in [0.2, 0.25) is 16.9 Å². The van der Waals surface area contributed by atoms with E-state index in [1.54, 1.807) is 14.2 Å². The van der Waals surface area contributed by atoms with E-state index in [9.17, 15) is 13.2 Å². The van der Waals surface area contributed by atoms with Crippen molar-refractivity contribution in [2.24, 2.45) is 0 Å². The van der Waals surface area contributed by atoms with Gasteiger partial charge >= 0.3 is 5.51 Å². The second-order valence-electron chi connectivity index (χ2n) is 8.22. The van der Waals surface area contributed by atoms with Crippen LogP contribution >= 0.6 is 11.6 Å². The number of rotatable bonds is 4. The van der Waals surface area contributed by atoms with Crippen LogP contribution in [0.25, 0.3) is 38.8 Å². The molecule has 0 bridgehead atoms. The Balaban J connectivity index is 0.000000386. The lowest BCUT2D eigenvalue weighted by Gasteiger charge is -2.10. The molecule has 3 aromatic carbocycles. The zero-order valence-electron chi connectivity index (χ0n) is 20.6. The Hall–Kier alpha value is -3.86. The molecule has 0 aliphatic carbocycles. The first-order chi connectivity index (χ1) is 18.4. The fourth-order valence-electron chi connectivity index (χ4n) is 4.06. The molecule has 0 radical (unpaired) electrons. The van der Waals surface area contributed by atoms with Crippen LogP contribution in [0.4, 0.5) is 13.2 Å². The van der Waals surface area contributed by atoms with Crippen LogP contribution in [0.3, 0.4) is 0 Å². The minimum absolute atomic E-state index is 0.675. The smallest absolute Gasteiger partial charge is 0.485 e. The Labute approximate surface area is 227 Å². The first kappa shape index (κ1) is 28.2.